The lowest BCUT2D eigenvalue weighted by molar-refractivity contribution is -0.385. The average molecular weight is 252 g/mol. The number of hydrogen-bond acceptors (Lipinski definition) is 3. The highest BCUT2D eigenvalue weighted by molar-refractivity contribution is 6.30. The summed E-state index contributed by atoms with van der Waals surface area (Å²) in [7, 11) is 0. The summed E-state index contributed by atoms with van der Waals surface area (Å²) in [5, 5.41) is 11.3. The lowest BCUT2D eigenvalue weighted by Crippen LogP contribution is -2.12. The van der Waals surface area contributed by atoms with Crippen molar-refractivity contribution in [2.75, 3.05) is 5.43 Å². The minimum Gasteiger partial charge on any atom is -0.322 e. The van der Waals surface area contributed by atoms with Crippen molar-refractivity contribution in [1.29, 1.82) is 0 Å². The molecule has 6 heteroatoms. The van der Waals surface area contributed by atoms with E-state index in [9.17, 15) is 10.1 Å². The maximum absolute atomic E-state index is 10.8. The molecule has 0 amide bonds. The quantitative estimate of drug-likeness (QED) is 0.671. The van der Waals surface area contributed by atoms with E-state index in [0.717, 1.165) is 0 Å². The van der Waals surface area contributed by atoms with Crippen LogP contribution in [0.2, 0.25) is 5.02 Å². The van der Waals surface area contributed by atoms with Crippen LogP contribution in [-0.2, 0) is 6.54 Å². The molecule has 2 rings (SSSR count). The van der Waals surface area contributed by atoms with Crippen LogP contribution in [-0.4, -0.2) is 9.60 Å². The van der Waals surface area contributed by atoms with Gasteiger partial charge in [-0.3, -0.25) is 14.8 Å². The first kappa shape index (κ1) is 11.5. The lowest BCUT2D eigenvalue weighted by atomic mass is 10.2. The largest absolute Gasteiger partial charge is 0.322 e. The van der Waals surface area contributed by atoms with Gasteiger partial charge in [-0.2, -0.15) is 0 Å². The Bertz CT molecular complexity index is 526. The van der Waals surface area contributed by atoms with Gasteiger partial charge in [-0.1, -0.05) is 11.6 Å². The molecule has 0 unspecified atom stereocenters. The molecule has 0 saturated carbocycles. The van der Waals surface area contributed by atoms with Gasteiger partial charge in [-0.05, 0) is 24.3 Å². The van der Waals surface area contributed by atoms with Crippen molar-refractivity contribution in [2.24, 2.45) is 0 Å². The molecule has 1 heterocycles. The molecular weight excluding hydrogens is 242 g/mol. The van der Waals surface area contributed by atoms with Gasteiger partial charge >= 0.3 is 0 Å². The zero-order chi connectivity index (χ0) is 12.3. The normalized spacial score (nSPS) is 10.2. The summed E-state index contributed by atoms with van der Waals surface area (Å²) in [6.07, 6.45) is 3.63. The van der Waals surface area contributed by atoms with Gasteiger partial charge in [-0.15, -0.1) is 0 Å². The predicted octanol–water partition coefficient (Wildman–Crippen LogP) is 2.79. The van der Waals surface area contributed by atoms with Gasteiger partial charge in [-0.25, -0.2) is 0 Å². The molecular formula is C11H10ClN3O2. The molecule has 0 bridgehead atoms. The Morgan fingerprint density at radius 3 is 2.71 bits per heavy atom. The van der Waals surface area contributed by atoms with Crippen molar-refractivity contribution in [3.8, 4) is 0 Å². The second-order valence-corrected chi connectivity index (χ2v) is 3.89. The third-order valence-electron chi connectivity index (χ3n) is 2.29. The molecule has 17 heavy (non-hydrogen) atoms. The zero-order valence-corrected chi connectivity index (χ0v) is 9.59. The van der Waals surface area contributed by atoms with Crippen LogP contribution in [0.1, 0.15) is 5.56 Å². The fourth-order valence-electron chi connectivity index (χ4n) is 1.49. The number of nitrogens with one attached hydrogen (secondary N) is 1. The van der Waals surface area contributed by atoms with Crippen molar-refractivity contribution >= 4 is 17.3 Å². The van der Waals surface area contributed by atoms with Crippen LogP contribution in [0.5, 0.6) is 0 Å². The Hall–Kier alpha value is -2.01. The lowest BCUT2D eigenvalue weighted by Gasteiger charge is -2.08. The highest BCUT2D eigenvalue weighted by Gasteiger charge is 2.13. The van der Waals surface area contributed by atoms with E-state index in [-0.39, 0.29) is 5.69 Å². The first-order valence-corrected chi connectivity index (χ1v) is 5.34. The summed E-state index contributed by atoms with van der Waals surface area (Å²) in [6.45, 7) is 0.339. The van der Waals surface area contributed by atoms with Crippen LogP contribution in [0, 0.1) is 10.1 Å². The molecule has 0 radical (unpaired) electrons. The first-order chi connectivity index (χ1) is 8.16. The third kappa shape index (κ3) is 2.76. The predicted molar refractivity (Wildman–Crippen MR) is 65.6 cm³/mol. The molecule has 5 nitrogen and oxygen atoms in total. The van der Waals surface area contributed by atoms with E-state index in [1.54, 1.807) is 10.7 Å². The third-order valence-corrected chi connectivity index (χ3v) is 2.53. The molecule has 0 atom stereocenters. The van der Waals surface area contributed by atoms with Gasteiger partial charge in [0, 0.05) is 23.5 Å². The Morgan fingerprint density at radius 2 is 2.06 bits per heavy atom. The molecule has 88 valence electrons. The Morgan fingerprint density at radius 1 is 1.35 bits per heavy atom. The van der Waals surface area contributed by atoms with E-state index >= 15 is 0 Å². The van der Waals surface area contributed by atoms with E-state index in [2.05, 4.69) is 5.43 Å². The minimum atomic E-state index is -0.414. The second kappa shape index (κ2) is 4.88. The monoisotopic (exact) mass is 251 g/mol. The van der Waals surface area contributed by atoms with Crippen LogP contribution in [0.3, 0.4) is 0 Å². The van der Waals surface area contributed by atoms with E-state index in [1.807, 2.05) is 24.5 Å². The van der Waals surface area contributed by atoms with E-state index < -0.39 is 4.92 Å². The molecule has 1 aromatic carbocycles. The minimum absolute atomic E-state index is 0.0639. The average Bonchev–Trinajstić information content (AvgIpc) is 2.78. The number of nitrogens with zero attached hydrogens (tertiary/aromatic N) is 2. The zero-order valence-electron chi connectivity index (χ0n) is 8.84. The number of benzene rings is 1. The molecule has 1 aromatic heterocycles. The van der Waals surface area contributed by atoms with E-state index in [0.29, 0.717) is 17.1 Å². The van der Waals surface area contributed by atoms with Gasteiger partial charge in [0.05, 0.1) is 17.0 Å². The van der Waals surface area contributed by atoms with Crippen LogP contribution >= 0.6 is 11.6 Å². The smallest absolute Gasteiger partial charge is 0.274 e. The van der Waals surface area contributed by atoms with Gasteiger partial charge in [0.15, 0.2) is 0 Å². The van der Waals surface area contributed by atoms with Gasteiger partial charge in [0.2, 0.25) is 0 Å². The number of aromatic nitrogens is 1. The number of rotatable bonds is 4. The molecule has 0 fully saturated rings. The summed E-state index contributed by atoms with van der Waals surface area (Å²) >= 11 is 5.82. The van der Waals surface area contributed by atoms with Crippen molar-refractivity contribution in [2.45, 2.75) is 6.54 Å². The van der Waals surface area contributed by atoms with Gasteiger partial charge < -0.3 is 5.43 Å². The van der Waals surface area contributed by atoms with Gasteiger partial charge in [0.25, 0.3) is 5.69 Å². The number of nitro benzene ring substituents is 1. The number of hydrogen-bond donors (Lipinski definition) is 1. The van der Waals surface area contributed by atoms with Crippen LogP contribution in [0.4, 0.5) is 5.69 Å². The number of halogens is 1. The standard InChI is InChI=1S/C11H10ClN3O2/c12-10-3-4-11(15(16)17)9(7-10)8-13-14-5-1-2-6-14/h1-7,13H,8H2. The van der Waals surface area contributed by atoms with Crippen LogP contribution in [0.15, 0.2) is 42.7 Å². The van der Waals surface area contributed by atoms with Crippen molar-refractivity contribution in [1.82, 2.24) is 4.68 Å². The highest BCUT2D eigenvalue weighted by Crippen LogP contribution is 2.22. The van der Waals surface area contributed by atoms with Gasteiger partial charge in [0.1, 0.15) is 0 Å². The Labute approximate surface area is 103 Å². The molecule has 0 aliphatic rings. The SMILES string of the molecule is O=[N+]([O-])c1ccc(Cl)cc1CNn1cccc1. The summed E-state index contributed by atoms with van der Waals surface area (Å²) in [5.74, 6) is 0. The van der Waals surface area contributed by atoms with E-state index in [4.69, 9.17) is 11.6 Å². The topological polar surface area (TPSA) is 60.1 Å². The molecule has 0 aliphatic carbocycles. The highest BCUT2D eigenvalue weighted by atomic mass is 35.5. The summed E-state index contributed by atoms with van der Waals surface area (Å²) in [5.41, 5.74) is 3.63. The molecule has 1 N–H and O–H groups in total. The fraction of sp³-hybridized carbons (Fsp3) is 0.0909. The summed E-state index contributed by atoms with van der Waals surface area (Å²) in [4.78, 5) is 10.4. The second-order valence-electron chi connectivity index (χ2n) is 3.46. The van der Waals surface area contributed by atoms with Crippen LogP contribution < -0.4 is 5.43 Å². The molecule has 2 aromatic rings. The van der Waals surface area contributed by atoms with Crippen molar-refractivity contribution in [3.63, 3.8) is 0 Å². The molecule has 0 saturated heterocycles. The Balaban J connectivity index is 2.19. The fourth-order valence-corrected chi connectivity index (χ4v) is 1.68. The summed E-state index contributed by atoms with van der Waals surface area (Å²) < 4.78 is 1.73. The van der Waals surface area contributed by atoms with E-state index in [1.165, 1.54) is 12.1 Å². The number of nitro groups is 1. The maximum atomic E-state index is 10.8. The summed E-state index contributed by atoms with van der Waals surface area (Å²) in [6, 6.07) is 8.24. The molecule has 0 spiro atoms. The maximum Gasteiger partial charge on any atom is 0.274 e. The Kier molecular flexibility index (Phi) is 3.30. The molecule has 0 aliphatic heterocycles. The first-order valence-electron chi connectivity index (χ1n) is 4.96. The van der Waals surface area contributed by atoms with Crippen molar-refractivity contribution < 1.29 is 4.92 Å². The van der Waals surface area contributed by atoms with Crippen LogP contribution in [0.25, 0.3) is 0 Å². The van der Waals surface area contributed by atoms with Crippen molar-refractivity contribution in [3.05, 3.63) is 63.4 Å².